The molecule has 0 bridgehead atoms. The number of pyridine rings is 1. The lowest BCUT2D eigenvalue weighted by molar-refractivity contribution is 0.0939. The van der Waals surface area contributed by atoms with E-state index in [-0.39, 0.29) is 11.9 Å². The Morgan fingerprint density at radius 2 is 2.13 bits per heavy atom. The van der Waals surface area contributed by atoms with Crippen molar-refractivity contribution in [2.24, 2.45) is 0 Å². The molecule has 0 aliphatic heterocycles. The van der Waals surface area contributed by atoms with E-state index in [9.17, 15) is 4.79 Å². The molecule has 116 valence electrons. The lowest BCUT2D eigenvalue weighted by Crippen LogP contribution is -2.26. The number of aryl methyl sites for hydroxylation is 1. The third kappa shape index (κ3) is 3.63. The summed E-state index contributed by atoms with van der Waals surface area (Å²) in [6.45, 7) is 3.92. The van der Waals surface area contributed by atoms with E-state index in [0.29, 0.717) is 5.56 Å². The van der Waals surface area contributed by atoms with Gasteiger partial charge in [-0.2, -0.15) is 0 Å². The molecule has 0 spiro atoms. The van der Waals surface area contributed by atoms with Crippen molar-refractivity contribution < 1.29 is 4.79 Å². The first-order valence-electron chi connectivity index (χ1n) is 7.37. The van der Waals surface area contributed by atoms with Crippen LogP contribution in [0.2, 0.25) is 0 Å². The Kier molecular flexibility index (Phi) is 4.48. The van der Waals surface area contributed by atoms with Crippen LogP contribution in [-0.2, 0) is 0 Å². The molecule has 4 nitrogen and oxygen atoms in total. The lowest BCUT2D eigenvalue weighted by Gasteiger charge is -2.11. The summed E-state index contributed by atoms with van der Waals surface area (Å²) in [7, 11) is 0. The number of rotatable bonds is 4. The first-order valence-corrected chi connectivity index (χ1v) is 8.25. The lowest BCUT2D eigenvalue weighted by atomic mass is 10.1. The van der Waals surface area contributed by atoms with Gasteiger partial charge in [-0.1, -0.05) is 17.7 Å². The first kappa shape index (κ1) is 15.4. The fraction of sp³-hybridized carbons (Fsp3) is 0.167. The van der Waals surface area contributed by atoms with Crippen LogP contribution in [0, 0.1) is 6.92 Å². The number of aromatic nitrogens is 2. The summed E-state index contributed by atoms with van der Waals surface area (Å²) in [4.78, 5) is 21.0. The van der Waals surface area contributed by atoms with Crippen LogP contribution >= 0.6 is 11.3 Å². The van der Waals surface area contributed by atoms with Crippen LogP contribution in [0.5, 0.6) is 0 Å². The van der Waals surface area contributed by atoms with Crippen LogP contribution in [0.15, 0.2) is 54.2 Å². The highest BCUT2D eigenvalue weighted by atomic mass is 32.1. The van der Waals surface area contributed by atoms with E-state index >= 15 is 0 Å². The summed E-state index contributed by atoms with van der Waals surface area (Å²) in [5.41, 5.74) is 3.60. The minimum absolute atomic E-state index is 0.0840. The van der Waals surface area contributed by atoms with Gasteiger partial charge in [0.25, 0.3) is 5.91 Å². The average Bonchev–Trinajstić information content (AvgIpc) is 3.06. The number of nitrogens with zero attached hydrogens (tertiary/aromatic N) is 2. The predicted molar refractivity (Wildman–Crippen MR) is 92.4 cm³/mol. The van der Waals surface area contributed by atoms with Crippen molar-refractivity contribution >= 4 is 17.2 Å². The molecule has 0 aliphatic rings. The molecule has 1 amide bonds. The number of hydrogen-bond acceptors (Lipinski definition) is 4. The second-order valence-electron chi connectivity index (χ2n) is 5.38. The van der Waals surface area contributed by atoms with E-state index in [1.54, 1.807) is 12.4 Å². The Bertz CT molecular complexity index is 814. The van der Waals surface area contributed by atoms with Crippen molar-refractivity contribution in [3.8, 4) is 11.3 Å². The maximum atomic E-state index is 12.3. The molecule has 5 heteroatoms. The molecule has 2 heterocycles. The van der Waals surface area contributed by atoms with Crippen LogP contribution in [0.1, 0.15) is 33.9 Å². The highest BCUT2D eigenvalue weighted by Gasteiger charge is 2.15. The third-order valence-corrected chi connectivity index (χ3v) is 4.50. The van der Waals surface area contributed by atoms with E-state index in [1.165, 1.54) is 11.3 Å². The third-order valence-electron chi connectivity index (χ3n) is 3.48. The molecule has 0 saturated carbocycles. The van der Waals surface area contributed by atoms with Crippen molar-refractivity contribution in [1.82, 2.24) is 15.3 Å². The van der Waals surface area contributed by atoms with Gasteiger partial charge >= 0.3 is 0 Å². The number of benzene rings is 1. The molecule has 1 N–H and O–H groups in total. The maximum absolute atomic E-state index is 12.3. The number of thiazole rings is 1. The number of hydrogen-bond donors (Lipinski definition) is 1. The van der Waals surface area contributed by atoms with Gasteiger partial charge in [0, 0.05) is 28.9 Å². The van der Waals surface area contributed by atoms with Gasteiger partial charge in [0.2, 0.25) is 0 Å². The molecule has 0 fully saturated rings. The van der Waals surface area contributed by atoms with Crippen molar-refractivity contribution in [3.05, 3.63) is 70.3 Å². The molecule has 3 rings (SSSR count). The van der Waals surface area contributed by atoms with Gasteiger partial charge in [0.15, 0.2) is 0 Å². The Labute approximate surface area is 139 Å². The second-order valence-corrected chi connectivity index (χ2v) is 6.27. The van der Waals surface area contributed by atoms with Crippen molar-refractivity contribution in [2.75, 3.05) is 0 Å². The van der Waals surface area contributed by atoms with Gasteiger partial charge in [-0.15, -0.1) is 11.3 Å². The monoisotopic (exact) mass is 323 g/mol. The molecule has 3 aromatic rings. The van der Waals surface area contributed by atoms with Crippen LogP contribution in [0.3, 0.4) is 0 Å². The fourth-order valence-electron chi connectivity index (χ4n) is 2.26. The molecule has 1 aromatic carbocycles. The summed E-state index contributed by atoms with van der Waals surface area (Å²) in [5.74, 6) is -0.0840. The Balaban J connectivity index is 1.73. The summed E-state index contributed by atoms with van der Waals surface area (Å²) in [6, 6.07) is 11.3. The standard InChI is InChI=1S/C18H17N3OS/c1-12-5-3-6-14(9-12)17(22)20-13(2)18-21-16(11-23-18)15-7-4-8-19-10-15/h3-11,13H,1-2H3,(H,20,22). The van der Waals surface area contributed by atoms with Gasteiger partial charge < -0.3 is 5.32 Å². The molecule has 0 saturated heterocycles. The quantitative estimate of drug-likeness (QED) is 0.789. The highest BCUT2D eigenvalue weighted by Crippen LogP contribution is 2.25. The minimum atomic E-state index is -0.140. The van der Waals surface area contributed by atoms with Crippen molar-refractivity contribution in [1.29, 1.82) is 0 Å². The first-order chi connectivity index (χ1) is 11.1. The molecule has 0 aliphatic carbocycles. The van der Waals surface area contributed by atoms with Crippen LogP contribution in [-0.4, -0.2) is 15.9 Å². The van der Waals surface area contributed by atoms with Crippen LogP contribution in [0.4, 0.5) is 0 Å². The van der Waals surface area contributed by atoms with Crippen LogP contribution in [0.25, 0.3) is 11.3 Å². The Morgan fingerprint density at radius 1 is 1.26 bits per heavy atom. The molecular weight excluding hydrogens is 306 g/mol. The topological polar surface area (TPSA) is 54.9 Å². The zero-order valence-electron chi connectivity index (χ0n) is 13.0. The largest absolute Gasteiger partial charge is 0.343 e. The molecule has 2 aromatic heterocycles. The average molecular weight is 323 g/mol. The SMILES string of the molecule is Cc1cccc(C(=O)NC(C)c2nc(-c3cccnc3)cs2)c1. The normalized spacial score (nSPS) is 11.9. The number of amides is 1. The van der Waals surface area contributed by atoms with Gasteiger partial charge in [-0.05, 0) is 38.1 Å². The summed E-state index contributed by atoms with van der Waals surface area (Å²) in [5, 5.41) is 5.87. The summed E-state index contributed by atoms with van der Waals surface area (Å²) in [6.07, 6.45) is 3.52. The van der Waals surface area contributed by atoms with Gasteiger partial charge in [0.05, 0.1) is 11.7 Å². The fourth-order valence-corrected chi connectivity index (χ4v) is 3.10. The molecule has 0 radical (unpaired) electrons. The van der Waals surface area contributed by atoms with Gasteiger partial charge in [0.1, 0.15) is 5.01 Å². The van der Waals surface area contributed by atoms with Gasteiger partial charge in [-0.25, -0.2) is 4.98 Å². The maximum Gasteiger partial charge on any atom is 0.251 e. The molecule has 23 heavy (non-hydrogen) atoms. The second kappa shape index (κ2) is 6.71. The van der Waals surface area contributed by atoms with E-state index in [1.807, 2.05) is 55.6 Å². The van der Waals surface area contributed by atoms with E-state index in [2.05, 4.69) is 15.3 Å². The van der Waals surface area contributed by atoms with Crippen molar-refractivity contribution in [2.45, 2.75) is 19.9 Å². The number of carbonyl (C=O) groups is 1. The minimum Gasteiger partial charge on any atom is -0.343 e. The van der Waals surface area contributed by atoms with Gasteiger partial charge in [-0.3, -0.25) is 9.78 Å². The van der Waals surface area contributed by atoms with Crippen LogP contribution < -0.4 is 5.32 Å². The summed E-state index contributed by atoms with van der Waals surface area (Å²) < 4.78 is 0. The zero-order valence-corrected chi connectivity index (χ0v) is 13.8. The van der Waals surface area contributed by atoms with E-state index in [4.69, 9.17) is 0 Å². The zero-order chi connectivity index (χ0) is 16.2. The number of nitrogens with one attached hydrogen (secondary N) is 1. The predicted octanol–water partition coefficient (Wildman–Crippen LogP) is 4.00. The Hall–Kier alpha value is -2.53. The highest BCUT2D eigenvalue weighted by molar-refractivity contribution is 7.10. The van der Waals surface area contributed by atoms with E-state index in [0.717, 1.165) is 21.8 Å². The van der Waals surface area contributed by atoms with E-state index < -0.39 is 0 Å². The summed E-state index contributed by atoms with van der Waals surface area (Å²) >= 11 is 1.54. The number of carbonyl (C=O) groups excluding carboxylic acids is 1. The van der Waals surface area contributed by atoms with Crippen molar-refractivity contribution in [3.63, 3.8) is 0 Å². The molecule has 1 atom stereocenters. The Morgan fingerprint density at radius 3 is 2.87 bits per heavy atom. The molecule has 1 unspecified atom stereocenters. The molecular formula is C18H17N3OS. The smallest absolute Gasteiger partial charge is 0.251 e.